The molecule has 1 aromatic rings. The third-order valence-corrected chi connectivity index (χ3v) is 4.71. The molecule has 2 amide bonds. The van der Waals surface area contributed by atoms with Crippen LogP contribution in [0, 0.1) is 6.92 Å². The van der Waals surface area contributed by atoms with E-state index >= 15 is 0 Å². The van der Waals surface area contributed by atoms with Gasteiger partial charge >= 0.3 is 0 Å². The molecule has 24 heavy (non-hydrogen) atoms. The average molecular weight is 354 g/mol. The lowest BCUT2D eigenvalue weighted by Crippen LogP contribution is -2.42. The molecule has 0 saturated carbocycles. The third-order valence-electron chi connectivity index (χ3n) is 3.68. The van der Waals surface area contributed by atoms with Crippen molar-refractivity contribution in [2.24, 2.45) is 0 Å². The van der Waals surface area contributed by atoms with Gasteiger partial charge in [-0.05, 0) is 37.1 Å². The summed E-state index contributed by atoms with van der Waals surface area (Å²) in [5, 5.41) is 2.75. The van der Waals surface area contributed by atoms with E-state index in [4.69, 9.17) is 4.74 Å². The lowest BCUT2D eigenvalue weighted by atomic mass is 10.1. The zero-order chi connectivity index (χ0) is 17.7. The Bertz CT molecular complexity index is 730. The minimum absolute atomic E-state index is 0.00245. The van der Waals surface area contributed by atoms with E-state index in [0.717, 1.165) is 17.5 Å². The molecule has 0 aliphatic carbocycles. The number of morpholine rings is 1. The molecular formula is C16H22N2O5S. The van der Waals surface area contributed by atoms with Gasteiger partial charge in [0, 0.05) is 30.6 Å². The van der Waals surface area contributed by atoms with Crippen molar-refractivity contribution in [1.29, 1.82) is 0 Å². The fourth-order valence-corrected chi connectivity index (χ4v) is 3.20. The molecule has 8 heteroatoms. The van der Waals surface area contributed by atoms with Gasteiger partial charge in [0.05, 0.1) is 12.4 Å². The molecule has 1 aliphatic rings. The number of carbonyl (C=O) groups excluding carboxylic acids is 2. The van der Waals surface area contributed by atoms with E-state index in [1.54, 1.807) is 23.1 Å². The molecule has 1 heterocycles. The topological polar surface area (TPSA) is 92.8 Å². The number of amides is 2. The maximum Gasteiger partial charge on any atom is 0.253 e. The second kappa shape index (κ2) is 7.76. The minimum atomic E-state index is -3.05. The van der Waals surface area contributed by atoms with Crippen molar-refractivity contribution in [3.8, 4) is 0 Å². The Labute approximate surface area is 141 Å². The fraction of sp³-hybridized carbons (Fsp3) is 0.500. The van der Waals surface area contributed by atoms with E-state index < -0.39 is 9.84 Å². The minimum Gasteiger partial charge on any atom is -0.370 e. The van der Waals surface area contributed by atoms with Crippen molar-refractivity contribution in [3.63, 3.8) is 0 Å². The van der Waals surface area contributed by atoms with Crippen molar-refractivity contribution in [2.45, 2.75) is 19.8 Å². The Balaban J connectivity index is 1.96. The molecule has 0 bridgehead atoms. The number of ether oxygens (including phenoxy) is 1. The highest BCUT2D eigenvalue weighted by molar-refractivity contribution is 7.90. The first-order valence-corrected chi connectivity index (χ1v) is 9.78. The summed E-state index contributed by atoms with van der Waals surface area (Å²) in [6, 6.07) is 5.33. The number of sulfone groups is 1. The highest BCUT2D eigenvalue weighted by Gasteiger charge is 2.21. The first-order chi connectivity index (χ1) is 11.3. The summed E-state index contributed by atoms with van der Waals surface area (Å²) in [6.07, 6.45) is 1.60. The Morgan fingerprint density at radius 2 is 2.12 bits per heavy atom. The van der Waals surface area contributed by atoms with Crippen LogP contribution in [0.15, 0.2) is 18.2 Å². The molecule has 0 unspecified atom stereocenters. The molecule has 0 atom stereocenters. The molecule has 2 rings (SSSR count). The molecule has 0 aromatic heterocycles. The maximum absolute atomic E-state index is 11.9. The number of rotatable bonds is 6. The SMILES string of the molecule is Cc1cc(NC(=O)CCCS(C)(=O)=O)ccc1N1CCOCC1=O. The standard InChI is InChI=1S/C16H22N2O5S/c1-12-10-13(17-15(19)4-3-9-24(2,21)22)5-6-14(12)18-7-8-23-11-16(18)20/h5-6,10H,3-4,7-9,11H2,1-2H3,(H,17,19). The van der Waals surface area contributed by atoms with Gasteiger partial charge in [-0.15, -0.1) is 0 Å². The first-order valence-electron chi connectivity index (χ1n) is 7.72. The van der Waals surface area contributed by atoms with E-state index in [1.807, 2.05) is 6.92 Å². The van der Waals surface area contributed by atoms with E-state index in [9.17, 15) is 18.0 Å². The molecule has 1 aliphatic heterocycles. The molecule has 1 N–H and O–H groups in total. The predicted octanol–water partition coefficient (Wildman–Crippen LogP) is 1.12. The van der Waals surface area contributed by atoms with Gasteiger partial charge in [-0.3, -0.25) is 9.59 Å². The first kappa shape index (κ1) is 18.4. The van der Waals surface area contributed by atoms with Crippen molar-refractivity contribution >= 4 is 33.0 Å². The number of aryl methyl sites for hydroxylation is 1. The van der Waals surface area contributed by atoms with Crippen LogP contribution in [0.3, 0.4) is 0 Å². The summed E-state index contributed by atoms with van der Waals surface area (Å²) in [6.45, 7) is 2.97. The van der Waals surface area contributed by atoms with E-state index in [2.05, 4.69) is 5.32 Å². The van der Waals surface area contributed by atoms with Crippen molar-refractivity contribution in [2.75, 3.05) is 42.0 Å². The smallest absolute Gasteiger partial charge is 0.253 e. The van der Waals surface area contributed by atoms with Crippen molar-refractivity contribution in [1.82, 2.24) is 0 Å². The van der Waals surface area contributed by atoms with Crippen LogP contribution in [0.25, 0.3) is 0 Å². The van der Waals surface area contributed by atoms with Crippen LogP contribution in [0.1, 0.15) is 18.4 Å². The zero-order valence-corrected chi connectivity index (χ0v) is 14.7. The van der Waals surface area contributed by atoms with Crippen LogP contribution < -0.4 is 10.2 Å². The lowest BCUT2D eigenvalue weighted by Gasteiger charge is -2.28. The number of benzene rings is 1. The third kappa shape index (κ3) is 5.31. The summed E-state index contributed by atoms with van der Waals surface area (Å²) in [7, 11) is -3.05. The Morgan fingerprint density at radius 1 is 1.38 bits per heavy atom. The van der Waals surface area contributed by atoms with Crippen LogP contribution in [0.4, 0.5) is 11.4 Å². The number of hydrogen-bond donors (Lipinski definition) is 1. The molecular weight excluding hydrogens is 332 g/mol. The maximum atomic E-state index is 11.9. The number of carbonyl (C=O) groups is 2. The highest BCUT2D eigenvalue weighted by atomic mass is 32.2. The molecule has 1 saturated heterocycles. The number of nitrogens with one attached hydrogen (secondary N) is 1. The molecule has 1 fully saturated rings. The molecule has 0 radical (unpaired) electrons. The van der Waals surface area contributed by atoms with E-state index in [1.165, 1.54) is 0 Å². The predicted molar refractivity (Wildman–Crippen MR) is 91.9 cm³/mol. The van der Waals surface area contributed by atoms with Gasteiger partial charge in [-0.25, -0.2) is 8.42 Å². The fourth-order valence-electron chi connectivity index (χ4n) is 2.53. The van der Waals surface area contributed by atoms with E-state index in [0.29, 0.717) is 25.3 Å². The average Bonchev–Trinajstić information content (AvgIpc) is 2.47. The van der Waals surface area contributed by atoms with E-state index in [-0.39, 0.29) is 30.6 Å². The van der Waals surface area contributed by atoms with Gasteiger partial charge in [-0.2, -0.15) is 0 Å². The second-order valence-corrected chi connectivity index (χ2v) is 8.14. The number of nitrogens with zero attached hydrogens (tertiary/aromatic N) is 1. The van der Waals surface area contributed by atoms with Gasteiger partial charge in [0.2, 0.25) is 5.91 Å². The van der Waals surface area contributed by atoms with Crippen molar-refractivity contribution in [3.05, 3.63) is 23.8 Å². The van der Waals surface area contributed by atoms with Gasteiger partial charge < -0.3 is 15.0 Å². The summed E-state index contributed by atoms with van der Waals surface area (Å²) in [5.74, 6) is -0.312. The second-order valence-electron chi connectivity index (χ2n) is 5.88. The molecule has 1 aromatic carbocycles. The molecule has 132 valence electrons. The Hall–Kier alpha value is -1.93. The number of hydrogen-bond acceptors (Lipinski definition) is 5. The van der Waals surface area contributed by atoms with Crippen LogP contribution in [-0.4, -0.2) is 52.0 Å². The lowest BCUT2D eigenvalue weighted by molar-refractivity contribution is -0.125. The van der Waals surface area contributed by atoms with Crippen LogP contribution >= 0.6 is 0 Å². The summed E-state index contributed by atoms with van der Waals surface area (Å²) in [5.41, 5.74) is 2.30. The normalized spacial score (nSPS) is 15.4. The quantitative estimate of drug-likeness (QED) is 0.826. The summed E-state index contributed by atoms with van der Waals surface area (Å²) in [4.78, 5) is 25.4. The van der Waals surface area contributed by atoms with Crippen LogP contribution in [0.5, 0.6) is 0 Å². The van der Waals surface area contributed by atoms with Gasteiger partial charge in [-0.1, -0.05) is 0 Å². The van der Waals surface area contributed by atoms with Gasteiger partial charge in [0.15, 0.2) is 0 Å². The van der Waals surface area contributed by atoms with Crippen molar-refractivity contribution < 1.29 is 22.7 Å². The highest BCUT2D eigenvalue weighted by Crippen LogP contribution is 2.25. The zero-order valence-electron chi connectivity index (χ0n) is 13.9. The monoisotopic (exact) mass is 354 g/mol. The Morgan fingerprint density at radius 3 is 2.75 bits per heavy atom. The van der Waals surface area contributed by atoms with Crippen LogP contribution in [-0.2, 0) is 24.2 Å². The molecule has 0 spiro atoms. The largest absolute Gasteiger partial charge is 0.370 e. The molecule has 7 nitrogen and oxygen atoms in total. The summed E-state index contributed by atoms with van der Waals surface area (Å²) < 4.78 is 27.2. The van der Waals surface area contributed by atoms with Gasteiger partial charge in [0.1, 0.15) is 16.4 Å². The summed E-state index contributed by atoms with van der Waals surface area (Å²) >= 11 is 0. The number of anilines is 2. The van der Waals surface area contributed by atoms with Crippen LogP contribution in [0.2, 0.25) is 0 Å². The Kier molecular flexibility index (Phi) is 5.95. The van der Waals surface area contributed by atoms with Gasteiger partial charge in [0.25, 0.3) is 5.91 Å².